The average Bonchev–Trinajstić information content (AvgIpc) is 3.12. The molecule has 1 aromatic heterocycles. The van der Waals surface area contributed by atoms with Gasteiger partial charge in [-0.1, -0.05) is 13.0 Å². The van der Waals surface area contributed by atoms with Crippen molar-refractivity contribution in [1.29, 1.82) is 0 Å². The predicted molar refractivity (Wildman–Crippen MR) is 83.3 cm³/mol. The molecule has 21 heavy (non-hydrogen) atoms. The third-order valence-electron chi connectivity index (χ3n) is 4.33. The van der Waals surface area contributed by atoms with Crippen molar-refractivity contribution in [2.45, 2.75) is 51.8 Å². The van der Waals surface area contributed by atoms with E-state index >= 15 is 0 Å². The number of benzene rings is 1. The lowest BCUT2D eigenvalue weighted by molar-refractivity contribution is 0.298. The molecule has 1 aromatic carbocycles. The lowest BCUT2D eigenvalue weighted by atomic mass is 10.1. The van der Waals surface area contributed by atoms with Crippen LogP contribution in [0.3, 0.4) is 0 Å². The summed E-state index contributed by atoms with van der Waals surface area (Å²) < 4.78 is 7.86. The Bertz CT molecular complexity index is 620. The van der Waals surface area contributed by atoms with Crippen molar-refractivity contribution >= 4 is 0 Å². The van der Waals surface area contributed by atoms with Crippen LogP contribution >= 0.6 is 0 Å². The molecular formula is C17H23N3O. The molecule has 0 spiro atoms. The molecule has 0 aliphatic heterocycles. The van der Waals surface area contributed by atoms with E-state index in [-0.39, 0.29) is 6.04 Å². The highest BCUT2D eigenvalue weighted by molar-refractivity contribution is 5.40. The van der Waals surface area contributed by atoms with Gasteiger partial charge in [0.1, 0.15) is 12.4 Å². The molecule has 2 aromatic rings. The molecule has 1 aliphatic rings. The molecule has 112 valence electrons. The van der Waals surface area contributed by atoms with E-state index in [9.17, 15) is 0 Å². The van der Waals surface area contributed by atoms with E-state index in [2.05, 4.69) is 31.1 Å². The van der Waals surface area contributed by atoms with Crippen LogP contribution in [-0.4, -0.2) is 9.78 Å². The average molecular weight is 285 g/mol. The first-order valence-corrected chi connectivity index (χ1v) is 7.72. The molecule has 0 radical (unpaired) electrons. The summed E-state index contributed by atoms with van der Waals surface area (Å²) in [4.78, 5) is 0. The number of nitrogens with zero attached hydrogens (tertiary/aromatic N) is 2. The Labute approximate surface area is 125 Å². The van der Waals surface area contributed by atoms with Gasteiger partial charge < -0.3 is 10.5 Å². The summed E-state index contributed by atoms with van der Waals surface area (Å²) in [6, 6.07) is 8.87. The van der Waals surface area contributed by atoms with Gasteiger partial charge in [0, 0.05) is 18.3 Å². The Hall–Kier alpha value is -1.81. The van der Waals surface area contributed by atoms with Crippen LogP contribution < -0.4 is 10.5 Å². The minimum absolute atomic E-state index is 0.195. The molecule has 1 aliphatic carbocycles. The number of hydrogen-bond acceptors (Lipinski definition) is 3. The summed E-state index contributed by atoms with van der Waals surface area (Å²) in [6.07, 6.45) is 5.19. The summed E-state index contributed by atoms with van der Waals surface area (Å²) in [5.74, 6) is 0.904. The van der Waals surface area contributed by atoms with E-state index in [0.29, 0.717) is 12.6 Å². The third kappa shape index (κ3) is 2.95. The molecular weight excluding hydrogens is 262 g/mol. The molecule has 4 nitrogen and oxygen atoms in total. The van der Waals surface area contributed by atoms with E-state index in [1.807, 2.05) is 23.0 Å². The minimum Gasteiger partial charge on any atom is -0.487 e. The monoisotopic (exact) mass is 285 g/mol. The summed E-state index contributed by atoms with van der Waals surface area (Å²) in [5.41, 5.74) is 9.61. The third-order valence-corrected chi connectivity index (χ3v) is 4.33. The Balaban J connectivity index is 1.64. The zero-order valence-corrected chi connectivity index (χ0v) is 12.7. The van der Waals surface area contributed by atoms with E-state index in [1.54, 1.807) is 0 Å². The van der Waals surface area contributed by atoms with Crippen molar-refractivity contribution in [3.63, 3.8) is 0 Å². The van der Waals surface area contributed by atoms with Crippen molar-refractivity contribution in [2.75, 3.05) is 0 Å². The molecule has 0 amide bonds. The molecule has 0 saturated heterocycles. The van der Waals surface area contributed by atoms with Gasteiger partial charge in [0.15, 0.2) is 0 Å². The van der Waals surface area contributed by atoms with Crippen LogP contribution in [0.25, 0.3) is 0 Å². The topological polar surface area (TPSA) is 53.1 Å². The number of nitrogens with two attached hydrogens (primary N) is 1. The lowest BCUT2D eigenvalue weighted by Gasteiger charge is -2.09. The van der Waals surface area contributed by atoms with E-state index in [0.717, 1.165) is 30.7 Å². The van der Waals surface area contributed by atoms with Gasteiger partial charge in [0.2, 0.25) is 0 Å². The normalized spacial score (nSPS) is 18.5. The van der Waals surface area contributed by atoms with Crippen molar-refractivity contribution in [3.05, 3.63) is 47.3 Å². The van der Waals surface area contributed by atoms with Crippen molar-refractivity contribution < 1.29 is 4.74 Å². The standard InChI is InChI=1S/C17H23N3O/c1-3-12(2)20-9-8-14(19-20)11-21-15-5-6-16-13(10-15)4-7-17(16)18/h5-6,8-10,12,17H,3-4,7,11,18H2,1-2H3. The highest BCUT2D eigenvalue weighted by atomic mass is 16.5. The van der Waals surface area contributed by atoms with Gasteiger partial charge in [-0.15, -0.1) is 0 Å². The van der Waals surface area contributed by atoms with E-state index in [4.69, 9.17) is 10.5 Å². The van der Waals surface area contributed by atoms with Crippen LogP contribution in [0.1, 0.15) is 55.6 Å². The number of fused-ring (bicyclic) bond motifs is 1. The number of aromatic nitrogens is 2. The van der Waals surface area contributed by atoms with Gasteiger partial charge in [-0.05, 0) is 55.5 Å². The Morgan fingerprint density at radius 2 is 2.29 bits per heavy atom. The predicted octanol–water partition coefficient (Wildman–Crippen LogP) is 3.38. The second-order valence-electron chi connectivity index (χ2n) is 5.84. The number of rotatable bonds is 5. The first kappa shape index (κ1) is 14.1. The molecule has 4 heteroatoms. The first-order valence-electron chi connectivity index (χ1n) is 7.72. The zero-order chi connectivity index (χ0) is 14.8. The van der Waals surface area contributed by atoms with Gasteiger partial charge in [-0.25, -0.2) is 0 Å². The quantitative estimate of drug-likeness (QED) is 0.916. The maximum absolute atomic E-state index is 6.05. The second kappa shape index (κ2) is 5.90. The van der Waals surface area contributed by atoms with E-state index < -0.39 is 0 Å². The number of aryl methyl sites for hydroxylation is 1. The zero-order valence-electron chi connectivity index (χ0n) is 12.7. The van der Waals surface area contributed by atoms with Crippen LogP contribution in [-0.2, 0) is 13.0 Å². The Kier molecular flexibility index (Phi) is 3.97. The SMILES string of the molecule is CCC(C)n1ccc(COc2ccc3c(c2)CCC3N)n1. The minimum atomic E-state index is 0.195. The van der Waals surface area contributed by atoms with Gasteiger partial charge in [-0.2, -0.15) is 5.10 Å². The van der Waals surface area contributed by atoms with Gasteiger partial charge in [-0.3, -0.25) is 4.68 Å². The molecule has 1 heterocycles. The van der Waals surface area contributed by atoms with Crippen molar-refractivity contribution in [2.24, 2.45) is 5.73 Å². The molecule has 2 atom stereocenters. The van der Waals surface area contributed by atoms with Crippen molar-refractivity contribution in [3.8, 4) is 5.75 Å². The highest BCUT2D eigenvalue weighted by Gasteiger charge is 2.19. The highest BCUT2D eigenvalue weighted by Crippen LogP contribution is 2.32. The van der Waals surface area contributed by atoms with Crippen LogP contribution in [0.15, 0.2) is 30.5 Å². The van der Waals surface area contributed by atoms with Gasteiger partial charge in [0.05, 0.1) is 5.69 Å². The van der Waals surface area contributed by atoms with Crippen molar-refractivity contribution in [1.82, 2.24) is 9.78 Å². The van der Waals surface area contributed by atoms with Crippen LogP contribution in [0, 0.1) is 0 Å². The summed E-state index contributed by atoms with van der Waals surface area (Å²) in [5, 5.41) is 4.55. The van der Waals surface area contributed by atoms with Gasteiger partial charge in [0.25, 0.3) is 0 Å². The maximum atomic E-state index is 6.05. The molecule has 2 unspecified atom stereocenters. The van der Waals surface area contributed by atoms with Crippen LogP contribution in [0.5, 0.6) is 5.75 Å². The van der Waals surface area contributed by atoms with Crippen LogP contribution in [0.2, 0.25) is 0 Å². The van der Waals surface area contributed by atoms with Crippen LogP contribution in [0.4, 0.5) is 0 Å². The number of hydrogen-bond donors (Lipinski definition) is 1. The largest absolute Gasteiger partial charge is 0.487 e. The summed E-state index contributed by atoms with van der Waals surface area (Å²) in [7, 11) is 0. The molecule has 0 fully saturated rings. The Morgan fingerprint density at radius 3 is 3.10 bits per heavy atom. The molecule has 0 bridgehead atoms. The lowest BCUT2D eigenvalue weighted by Crippen LogP contribution is -2.06. The summed E-state index contributed by atoms with van der Waals surface area (Å²) in [6.45, 7) is 4.84. The van der Waals surface area contributed by atoms with Gasteiger partial charge >= 0.3 is 0 Å². The van der Waals surface area contributed by atoms with E-state index in [1.165, 1.54) is 11.1 Å². The fourth-order valence-electron chi connectivity index (χ4n) is 2.76. The second-order valence-corrected chi connectivity index (χ2v) is 5.84. The smallest absolute Gasteiger partial charge is 0.132 e. The Morgan fingerprint density at radius 1 is 1.43 bits per heavy atom. The molecule has 3 rings (SSSR count). The molecule has 2 N–H and O–H groups in total. The maximum Gasteiger partial charge on any atom is 0.132 e. The fraction of sp³-hybridized carbons (Fsp3) is 0.471. The molecule has 0 saturated carbocycles. The number of ether oxygens (including phenoxy) is 1. The fourth-order valence-corrected chi connectivity index (χ4v) is 2.76. The first-order chi connectivity index (χ1) is 10.2. The summed E-state index contributed by atoms with van der Waals surface area (Å²) >= 11 is 0.